The lowest BCUT2D eigenvalue weighted by atomic mass is 9.82. The number of rotatable bonds is 6. The maximum Gasteiger partial charge on any atom is 0.306 e. The van der Waals surface area contributed by atoms with Crippen LogP contribution in [-0.2, 0) is 25.7 Å². The van der Waals surface area contributed by atoms with Crippen LogP contribution in [0.25, 0.3) is 0 Å². The van der Waals surface area contributed by atoms with Crippen LogP contribution < -0.4 is 0 Å². The Bertz CT molecular complexity index is 767. The van der Waals surface area contributed by atoms with E-state index >= 15 is 0 Å². The molecule has 0 aromatic heterocycles. The van der Waals surface area contributed by atoms with Gasteiger partial charge in [0.1, 0.15) is 0 Å². The van der Waals surface area contributed by atoms with E-state index < -0.39 is 35.1 Å². The first-order chi connectivity index (χ1) is 13.7. The molecule has 0 aromatic rings. The van der Waals surface area contributed by atoms with Gasteiger partial charge in [0.25, 0.3) is 0 Å². The average Bonchev–Trinajstić information content (AvgIpc) is 2.69. The van der Waals surface area contributed by atoms with E-state index in [1.165, 1.54) is 16.5 Å². The van der Waals surface area contributed by atoms with Crippen molar-refractivity contribution in [1.29, 1.82) is 0 Å². The fourth-order valence-electron chi connectivity index (χ4n) is 4.02. The van der Waals surface area contributed by atoms with Gasteiger partial charge in [0.2, 0.25) is 5.91 Å². The van der Waals surface area contributed by atoms with E-state index in [4.69, 9.17) is 5.11 Å². The number of carbonyl (C=O) groups is 3. The minimum absolute atomic E-state index is 0.102. The molecule has 0 aromatic carbocycles. The SMILES string of the molecule is C=C/C=C1/C(=O)[C@@H](CCC(=O)N2CCC(C(=O)O)CC2)[C@@H](C)N(S(=O)[O-])/C1=C/C. The zero-order chi connectivity index (χ0) is 21.7. The number of ketones is 1. The molecule has 0 bridgehead atoms. The highest BCUT2D eigenvalue weighted by Crippen LogP contribution is 2.35. The van der Waals surface area contributed by atoms with Gasteiger partial charge in [0.05, 0.1) is 11.6 Å². The van der Waals surface area contributed by atoms with Crippen LogP contribution in [0.4, 0.5) is 0 Å². The molecule has 0 radical (unpaired) electrons. The van der Waals surface area contributed by atoms with Crippen LogP contribution in [0.3, 0.4) is 0 Å². The van der Waals surface area contributed by atoms with Crippen LogP contribution >= 0.6 is 0 Å². The van der Waals surface area contributed by atoms with Crippen molar-refractivity contribution in [1.82, 2.24) is 9.21 Å². The number of hydrogen-bond acceptors (Lipinski definition) is 5. The summed E-state index contributed by atoms with van der Waals surface area (Å²) < 4.78 is 24.8. The second kappa shape index (κ2) is 9.98. The van der Waals surface area contributed by atoms with Crippen molar-refractivity contribution in [3.05, 3.63) is 36.1 Å². The Balaban J connectivity index is 2.11. The molecule has 1 N–H and O–H groups in total. The normalized spacial score (nSPS) is 27.3. The third kappa shape index (κ3) is 5.02. The van der Waals surface area contributed by atoms with Crippen molar-refractivity contribution in [2.24, 2.45) is 11.8 Å². The van der Waals surface area contributed by atoms with Gasteiger partial charge in [-0.1, -0.05) is 18.7 Å². The monoisotopic (exact) mass is 423 g/mol. The van der Waals surface area contributed by atoms with Crippen molar-refractivity contribution in [3.8, 4) is 0 Å². The zero-order valence-electron chi connectivity index (χ0n) is 16.7. The second-order valence-electron chi connectivity index (χ2n) is 7.28. The number of hydrogen-bond donors (Lipinski definition) is 1. The Morgan fingerprint density at radius 1 is 1.34 bits per heavy atom. The molecule has 0 saturated carbocycles. The molecular formula is C20H27N2O6S-. The van der Waals surface area contributed by atoms with Crippen LogP contribution in [0.1, 0.15) is 39.5 Å². The van der Waals surface area contributed by atoms with Gasteiger partial charge in [-0.15, -0.1) is 0 Å². The highest BCUT2D eigenvalue weighted by molar-refractivity contribution is 7.76. The lowest BCUT2D eigenvalue weighted by Crippen LogP contribution is -2.49. The summed E-state index contributed by atoms with van der Waals surface area (Å²) in [5.41, 5.74) is 0.582. The van der Waals surface area contributed by atoms with Gasteiger partial charge in [-0.2, -0.15) is 0 Å². The van der Waals surface area contributed by atoms with Crippen LogP contribution in [0.2, 0.25) is 0 Å². The van der Waals surface area contributed by atoms with E-state index in [2.05, 4.69) is 6.58 Å². The van der Waals surface area contributed by atoms with E-state index in [1.807, 2.05) is 0 Å². The summed E-state index contributed by atoms with van der Waals surface area (Å²) in [6, 6.07) is -0.612. The summed E-state index contributed by atoms with van der Waals surface area (Å²) in [6.45, 7) is 7.68. The predicted molar refractivity (Wildman–Crippen MR) is 107 cm³/mol. The molecule has 1 amide bonds. The Labute approximate surface area is 173 Å². The zero-order valence-corrected chi connectivity index (χ0v) is 17.5. The quantitative estimate of drug-likeness (QED) is 0.514. The number of nitrogens with zero attached hydrogens (tertiary/aromatic N) is 2. The number of allylic oxidation sites excluding steroid dienone is 4. The van der Waals surface area contributed by atoms with Crippen molar-refractivity contribution in [2.45, 2.75) is 45.6 Å². The van der Waals surface area contributed by atoms with Crippen molar-refractivity contribution < 1.29 is 28.3 Å². The molecule has 3 atom stereocenters. The molecule has 2 saturated heterocycles. The highest BCUT2D eigenvalue weighted by Gasteiger charge is 2.40. The van der Waals surface area contributed by atoms with Gasteiger partial charge >= 0.3 is 5.97 Å². The summed E-state index contributed by atoms with van der Waals surface area (Å²) in [5.74, 6) is -2.27. The van der Waals surface area contributed by atoms with Crippen LogP contribution in [0.15, 0.2) is 36.1 Å². The number of amides is 1. The maximum atomic E-state index is 13.0. The van der Waals surface area contributed by atoms with Gasteiger partial charge in [0, 0.05) is 48.3 Å². The Morgan fingerprint density at radius 2 is 1.97 bits per heavy atom. The number of carboxylic acids is 1. The minimum atomic E-state index is -2.56. The number of likely N-dealkylation sites (tertiary alicyclic amines) is 1. The highest BCUT2D eigenvalue weighted by atomic mass is 32.2. The van der Waals surface area contributed by atoms with E-state index in [1.54, 1.807) is 24.8 Å². The molecule has 0 aliphatic carbocycles. The number of carboxylic acid groups (broad SMARTS) is 1. The van der Waals surface area contributed by atoms with Gasteiger partial charge in [-0.25, -0.2) is 0 Å². The molecule has 2 heterocycles. The molecule has 29 heavy (non-hydrogen) atoms. The molecule has 2 aliphatic rings. The first kappa shape index (κ1) is 23.0. The molecule has 0 spiro atoms. The standard InChI is InChI=1S/C20H28N2O6S/c1-4-6-16-17(5-2)22(29(27)28)13(3)15(19(16)24)7-8-18(23)21-11-9-14(10-12-21)20(25)26/h4-6,13-15H,1,7-12H2,2-3H3,(H,25,26)(H,27,28)/p-1/b16-6+,17-5+/t13-,15+/m1/s1. The number of piperidine rings is 2. The maximum absolute atomic E-state index is 13.0. The summed E-state index contributed by atoms with van der Waals surface area (Å²) >= 11 is -2.56. The van der Waals surface area contributed by atoms with E-state index in [-0.39, 0.29) is 30.1 Å². The first-order valence-corrected chi connectivity index (χ1v) is 10.7. The number of carbonyl (C=O) groups excluding carboxylic acids is 2. The third-order valence-electron chi connectivity index (χ3n) is 5.65. The fraction of sp³-hybridized carbons (Fsp3) is 0.550. The third-order valence-corrected chi connectivity index (χ3v) is 6.50. The summed E-state index contributed by atoms with van der Waals surface area (Å²) in [5, 5.41) is 9.06. The van der Waals surface area contributed by atoms with Crippen LogP contribution in [-0.4, -0.2) is 59.9 Å². The first-order valence-electron chi connectivity index (χ1n) is 9.65. The molecule has 160 valence electrons. The van der Waals surface area contributed by atoms with Gasteiger partial charge in [0.15, 0.2) is 5.78 Å². The van der Waals surface area contributed by atoms with Gasteiger partial charge in [-0.05, 0) is 39.2 Å². The lowest BCUT2D eigenvalue weighted by molar-refractivity contribution is -0.145. The Morgan fingerprint density at radius 3 is 2.45 bits per heavy atom. The summed E-state index contributed by atoms with van der Waals surface area (Å²) in [7, 11) is 0. The molecule has 1 unspecified atom stereocenters. The fourth-order valence-corrected chi connectivity index (χ4v) is 4.80. The molecule has 8 nitrogen and oxygen atoms in total. The predicted octanol–water partition coefficient (Wildman–Crippen LogP) is 1.79. The lowest BCUT2D eigenvalue weighted by Gasteiger charge is -2.43. The molecule has 2 fully saturated rings. The van der Waals surface area contributed by atoms with E-state index in [9.17, 15) is 23.1 Å². The average molecular weight is 424 g/mol. The molecule has 9 heteroatoms. The van der Waals surface area contributed by atoms with Gasteiger partial charge < -0.3 is 14.6 Å². The van der Waals surface area contributed by atoms with Gasteiger partial charge in [-0.3, -0.25) is 22.9 Å². The van der Waals surface area contributed by atoms with Crippen LogP contribution in [0.5, 0.6) is 0 Å². The second-order valence-corrected chi connectivity index (χ2v) is 8.10. The summed E-state index contributed by atoms with van der Waals surface area (Å²) in [4.78, 5) is 38.2. The topological polar surface area (TPSA) is 118 Å². The Hall–Kier alpha value is -2.26. The van der Waals surface area contributed by atoms with Crippen molar-refractivity contribution in [3.63, 3.8) is 0 Å². The number of aliphatic carboxylic acids is 1. The largest absolute Gasteiger partial charge is 0.755 e. The molecule has 2 aliphatic heterocycles. The summed E-state index contributed by atoms with van der Waals surface area (Å²) in [6.07, 6.45) is 5.66. The molecular weight excluding hydrogens is 396 g/mol. The Kier molecular flexibility index (Phi) is 7.92. The van der Waals surface area contributed by atoms with E-state index in [0.29, 0.717) is 31.6 Å². The van der Waals surface area contributed by atoms with Crippen molar-refractivity contribution >= 4 is 28.9 Å². The van der Waals surface area contributed by atoms with Crippen molar-refractivity contribution in [2.75, 3.05) is 13.1 Å². The van der Waals surface area contributed by atoms with Crippen LogP contribution in [0, 0.1) is 11.8 Å². The minimum Gasteiger partial charge on any atom is -0.755 e. The smallest absolute Gasteiger partial charge is 0.306 e. The molecule has 2 rings (SSSR count). The number of Topliss-reactive ketones (excluding diaryl/α,β-unsaturated/α-hetero) is 1. The van der Waals surface area contributed by atoms with E-state index in [0.717, 1.165) is 0 Å².